The van der Waals surface area contributed by atoms with Crippen LogP contribution in [0.4, 0.5) is 0 Å². The fourth-order valence-electron chi connectivity index (χ4n) is 3.30. The van der Waals surface area contributed by atoms with Crippen molar-refractivity contribution in [1.29, 1.82) is 0 Å². The number of aromatic nitrogens is 1. The van der Waals surface area contributed by atoms with Crippen LogP contribution in [0.3, 0.4) is 0 Å². The number of amides is 2. The number of phenolic OH excluding ortho intramolecular Hbond substituents is 1. The molecule has 0 spiro atoms. The summed E-state index contributed by atoms with van der Waals surface area (Å²) in [5, 5.41) is 24.8. The van der Waals surface area contributed by atoms with Crippen LogP contribution in [0.25, 0.3) is 22.5 Å². The summed E-state index contributed by atoms with van der Waals surface area (Å²) in [5.41, 5.74) is 4.82. The number of unbranched alkanes of at least 4 members (excludes halogenated alkanes) is 3. The predicted molar refractivity (Wildman–Crippen MR) is 139 cm³/mol. The Morgan fingerprint density at radius 1 is 1.08 bits per heavy atom. The average Bonchev–Trinajstić information content (AvgIpc) is 3.30. The van der Waals surface area contributed by atoms with Crippen molar-refractivity contribution in [2.45, 2.75) is 39.0 Å². The standard InChI is InChI=1S/C17H15NO3.C8H16N2O3.CH3Cl/c1-11-16(12-7-9-13(20-2)10-8-12)17(21-18-11)14-5-3-4-6-15(14)19;11-7-9-6-4-2-1-3-5-8(12)10-13;1-2/h3-10,19H,1-2H3;7,13H,1-6H2,(H,9,11)(H,10,12);1H3. The van der Waals surface area contributed by atoms with Crippen LogP contribution in [-0.4, -0.2) is 47.8 Å². The third-order valence-electron chi connectivity index (χ3n) is 5.07. The van der Waals surface area contributed by atoms with Crippen LogP contribution in [0, 0.1) is 6.92 Å². The Morgan fingerprint density at radius 3 is 2.36 bits per heavy atom. The second kappa shape index (κ2) is 17.8. The molecule has 2 aromatic carbocycles. The fourth-order valence-corrected chi connectivity index (χ4v) is 3.30. The van der Waals surface area contributed by atoms with Crippen LogP contribution < -0.4 is 15.5 Å². The molecule has 36 heavy (non-hydrogen) atoms. The maximum absolute atomic E-state index is 10.5. The van der Waals surface area contributed by atoms with E-state index < -0.39 is 0 Å². The van der Waals surface area contributed by atoms with Gasteiger partial charge in [-0.2, -0.15) is 0 Å². The third-order valence-corrected chi connectivity index (χ3v) is 5.07. The molecule has 0 aliphatic carbocycles. The Morgan fingerprint density at radius 2 is 1.75 bits per heavy atom. The van der Waals surface area contributed by atoms with Crippen LogP contribution in [-0.2, 0) is 9.59 Å². The van der Waals surface area contributed by atoms with Gasteiger partial charge < -0.3 is 19.7 Å². The quantitative estimate of drug-likeness (QED) is 0.0912. The highest BCUT2D eigenvalue weighted by atomic mass is 35.5. The minimum Gasteiger partial charge on any atom is -0.507 e. The molecule has 0 aliphatic heterocycles. The molecule has 3 aromatic rings. The lowest BCUT2D eigenvalue weighted by atomic mass is 9.99. The lowest BCUT2D eigenvalue weighted by Crippen LogP contribution is -2.17. The van der Waals surface area contributed by atoms with Gasteiger partial charge in [-0.05, 0) is 49.6 Å². The Kier molecular flexibility index (Phi) is 15.1. The highest BCUT2D eigenvalue weighted by molar-refractivity contribution is 6.15. The largest absolute Gasteiger partial charge is 0.507 e. The van der Waals surface area contributed by atoms with Crippen molar-refractivity contribution in [3.05, 3.63) is 54.2 Å². The van der Waals surface area contributed by atoms with E-state index >= 15 is 0 Å². The Labute approximate surface area is 216 Å². The summed E-state index contributed by atoms with van der Waals surface area (Å²) in [5.74, 6) is 1.18. The van der Waals surface area contributed by atoms with E-state index in [0.29, 0.717) is 30.7 Å². The summed E-state index contributed by atoms with van der Waals surface area (Å²) < 4.78 is 10.6. The highest BCUT2D eigenvalue weighted by Gasteiger charge is 2.19. The molecule has 1 aromatic heterocycles. The zero-order valence-electron chi connectivity index (χ0n) is 20.8. The van der Waals surface area contributed by atoms with E-state index in [4.69, 9.17) is 14.5 Å². The number of aryl methyl sites for hydroxylation is 1. The van der Waals surface area contributed by atoms with Gasteiger partial charge in [-0.1, -0.05) is 42.3 Å². The van der Waals surface area contributed by atoms with Gasteiger partial charge in [-0.25, -0.2) is 5.48 Å². The Balaban J connectivity index is 0.000000375. The van der Waals surface area contributed by atoms with E-state index in [1.807, 2.05) is 43.3 Å². The van der Waals surface area contributed by atoms with Gasteiger partial charge in [0, 0.05) is 19.3 Å². The molecule has 0 fully saturated rings. The number of halogens is 1. The number of alkyl halides is 1. The molecule has 0 atom stereocenters. The van der Waals surface area contributed by atoms with Gasteiger partial charge in [0.2, 0.25) is 12.3 Å². The zero-order chi connectivity index (χ0) is 26.8. The van der Waals surface area contributed by atoms with E-state index in [1.54, 1.807) is 24.7 Å². The summed E-state index contributed by atoms with van der Waals surface area (Å²) in [6.07, 6.45) is 6.14. The molecule has 0 bridgehead atoms. The van der Waals surface area contributed by atoms with Crippen LogP contribution in [0.5, 0.6) is 11.5 Å². The minimum atomic E-state index is -0.342. The molecule has 0 unspecified atom stereocenters. The van der Waals surface area contributed by atoms with Gasteiger partial charge in [0.25, 0.3) is 0 Å². The smallest absolute Gasteiger partial charge is 0.243 e. The van der Waals surface area contributed by atoms with Crippen molar-refractivity contribution >= 4 is 23.9 Å². The van der Waals surface area contributed by atoms with Crippen LogP contribution in [0.2, 0.25) is 0 Å². The predicted octanol–water partition coefficient (Wildman–Crippen LogP) is 5.07. The van der Waals surface area contributed by atoms with Crippen LogP contribution in [0.1, 0.15) is 37.8 Å². The number of benzene rings is 2. The van der Waals surface area contributed by atoms with Crippen molar-refractivity contribution < 1.29 is 29.2 Å². The van der Waals surface area contributed by atoms with Gasteiger partial charge in [0.1, 0.15) is 11.5 Å². The lowest BCUT2D eigenvalue weighted by molar-refractivity contribution is -0.129. The third kappa shape index (κ3) is 9.97. The number of nitrogens with one attached hydrogen (secondary N) is 2. The molecule has 0 aliphatic rings. The summed E-state index contributed by atoms with van der Waals surface area (Å²) in [6, 6.07) is 14.7. The molecule has 196 valence electrons. The first-order chi connectivity index (χ1) is 17.5. The molecule has 0 saturated heterocycles. The molecule has 10 heteroatoms. The number of hydrogen-bond donors (Lipinski definition) is 4. The second-order valence-corrected chi connectivity index (χ2v) is 7.49. The fraction of sp³-hybridized carbons (Fsp3) is 0.346. The minimum absolute atomic E-state index is 0.170. The number of hydrogen-bond acceptors (Lipinski definition) is 7. The van der Waals surface area contributed by atoms with Gasteiger partial charge in [-0.15, -0.1) is 11.6 Å². The second-order valence-electron chi connectivity index (χ2n) is 7.49. The highest BCUT2D eigenvalue weighted by Crippen LogP contribution is 2.38. The summed E-state index contributed by atoms with van der Waals surface area (Å²) >= 11 is 4.64. The number of rotatable bonds is 11. The van der Waals surface area contributed by atoms with Crippen LogP contribution in [0.15, 0.2) is 53.1 Å². The van der Waals surface area contributed by atoms with E-state index in [9.17, 15) is 14.7 Å². The van der Waals surface area contributed by atoms with Crippen molar-refractivity contribution in [2.24, 2.45) is 0 Å². The Bertz CT molecular complexity index is 1040. The van der Waals surface area contributed by atoms with Crippen LogP contribution >= 0.6 is 11.6 Å². The molecule has 0 radical (unpaired) electrons. The number of hydroxylamine groups is 1. The van der Waals surface area contributed by atoms with E-state index in [0.717, 1.165) is 48.3 Å². The number of ether oxygens (including phenoxy) is 1. The number of carbonyl (C=O) groups is 2. The molecule has 3 rings (SSSR count). The SMILES string of the molecule is CCl.COc1ccc(-c2c(C)noc2-c2ccccc2O)cc1.O=CNCCCCCCC(=O)NO. The number of methoxy groups -OCH3 is 1. The maximum atomic E-state index is 10.5. The molecular formula is C26H34ClN3O6. The number of phenols is 1. The lowest BCUT2D eigenvalue weighted by Gasteiger charge is -2.06. The molecule has 2 amide bonds. The first-order valence-corrected chi connectivity index (χ1v) is 12.1. The summed E-state index contributed by atoms with van der Waals surface area (Å²) in [7, 11) is 1.63. The van der Waals surface area contributed by atoms with Crippen molar-refractivity contribution in [3.8, 4) is 33.9 Å². The number of para-hydroxylation sites is 1. The van der Waals surface area contributed by atoms with Gasteiger partial charge in [0.05, 0.1) is 23.9 Å². The Hall–Kier alpha value is -3.56. The zero-order valence-corrected chi connectivity index (χ0v) is 21.5. The first kappa shape index (κ1) is 30.5. The van der Waals surface area contributed by atoms with E-state index in [1.165, 1.54) is 6.38 Å². The first-order valence-electron chi connectivity index (χ1n) is 11.4. The molecule has 0 saturated carbocycles. The van der Waals surface area contributed by atoms with Gasteiger partial charge in [0.15, 0.2) is 5.76 Å². The molecule has 9 nitrogen and oxygen atoms in total. The topological polar surface area (TPSA) is 134 Å². The summed E-state index contributed by atoms with van der Waals surface area (Å²) in [6.45, 7) is 2.57. The molecular weight excluding hydrogens is 486 g/mol. The molecule has 4 N–H and O–H groups in total. The van der Waals surface area contributed by atoms with E-state index in [-0.39, 0.29) is 11.7 Å². The van der Waals surface area contributed by atoms with Gasteiger partial charge >= 0.3 is 0 Å². The molecule has 1 heterocycles. The van der Waals surface area contributed by atoms with E-state index in [2.05, 4.69) is 22.1 Å². The van der Waals surface area contributed by atoms with Crippen molar-refractivity contribution in [3.63, 3.8) is 0 Å². The number of nitrogens with zero attached hydrogens (tertiary/aromatic N) is 1. The van der Waals surface area contributed by atoms with Gasteiger partial charge in [-0.3, -0.25) is 14.8 Å². The van der Waals surface area contributed by atoms with Crippen molar-refractivity contribution in [1.82, 2.24) is 16.0 Å². The summed E-state index contributed by atoms with van der Waals surface area (Å²) in [4.78, 5) is 20.4. The average molecular weight is 520 g/mol. The number of carbonyl (C=O) groups excluding carboxylic acids is 2. The normalized spacial score (nSPS) is 9.69. The maximum Gasteiger partial charge on any atom is 0.243 e. The number of aromatic hydroxyl groups is 1. The monoisotopic (exact) mass is 519 g/mol. The van der Waals surface area contributed by atoms with Crippen molar-refractivity contribution in [2.75, 3.05) is 20.0 Å².